The largest absolute Gasteiger partial charge is 0.457 e. The third-order valence-electron chi connectivity index (χ3n) is 4.39. The first-order chi connectivity index (χ1) is 10.8. The molecule has 3 rings (SSSR count). The van der Waals surface area contributed by atoms with E-state index in [-0.39, 0.29) is 6.61 Å². The second-order valence-corrected chi connectivity index (χ2v) is 5.64. The average Bonchev–Trinajstić information content (AvgIpc) is 2.58. The first kappa shape index (κ1) is 15.1. The average molecular weight is 298 g/mol. The summed E-state index contributed by atoms with van der Waals surface area (Å²) < 4.78 is 11.5. The molecule has 0 saturated heterocycles. The van der Waals surface area contributed by atoms with Crippen molar-refractivity contribution in [2.75, 3.05) is 19.8 Å². The number of para-hydroxylation sites is 2. The zero-order chi connectivity index (χ0) is 15.4. The van der Waals surface area contributed by atoms with E-state index in [9.17, 15) is 5.11 Å². The Morgan fingerprint density at radius 2 is 1.59 bits per heavy atom. The van der Waals surface area contributed by atoms with Crippen LogP contribution in [0.5, 0.6) is 11.5 Å². The zero-order valence-corrected chi connectivity index (χ0v) is 12.9. The molecule has 1 N–H and O–H groups in total. The monoisotopic (exact) mass is 298 g/mol. The molecule has 0 amide bonds. The highest BCUT2D eigenvalue weighted by molar-refractivity contribution is 5.57. The SMILES string of the molecule is CCOCCCC1(CO)c2ccccc2Oc2ccccc21. The molecule has 0 aromatic heterocycles. The molecule has 0 bridgehead atoms. The minimum absolute atomic E-state index is 0.0660. The number of aliphatic hydroxyl groups excluding tert-OH is 1. The van der Waals surface area contributed by atoms with Gasteiger partial charge in [-0.3, -0.25) is 0 Å². The minimum Gasteiger partial charge on any atom is -0.457 e. The van der Waals surface area contributed by atoms with Gasteiger partial charge in [-0.2, -0.15) is 0 Å². The molecule has 2 aromatic carbocycles. The maximum absolute atomic E-state index is 10.3. The summed E-state index contributed by atoms with van der Waals surface area (Å²) in [4.78, 5) is 0. The van der Waals surface area contributed by atoms with Crippen LogP contribution in [-0.4, -0.2) is 24.9 Å². The van der Waals surface area contributed by atoms with Crippen LogP contribution in [0.2, 0.25) is 0 Å². The Labute approximate surface area is 131 Å². The van der Waals surface area contributed by atoms with Crippen molar-refractivity contribution in [2.24, 2.45) is 0 Å². The van der Waals surface area contributed by atoms with Gasteiger partial charge in [0, 0.05) is 24.3 Å². The molecule has 1 aliphatic rings. The summed E-state index contributed by atoms with van der Waals surface area (Å²) in [5, 5.41) is 10.3. The lowest BCUT2D eigenvalue weighted by Crippen LogP contribution is -2.35. The van der Waals surface area contributed by atoms with Gasteiger partial charge in [0.25, 0.3) is 0 Å². The number of fused-ring (bicyclic) bond motifs is 2. The van der Waals surface area contributed by atoms with E-state index < -0.39 is 5.41 Å². The molecule has 116 valence electrons. The molecule has 2 aromatic rings. The molecule has 0 spiro atoms. The lowest BCUT2D eigenvalue weighted by atomic mass is 9.70. The van der Waals surface area contributed by atoms with Gasteiger partial charge in [0.05, 0.1) is 12.0 Å². The maximum atomic E-state index is 10.3. The molecule has 3 heteroatoms. The molecule has 0 aliphatic carbocycles. The second-order valence-electron chi connectivity index (χ2n) is 5.64. The number of aliphatic hydroxyl groups is 1. The minimum atomic E-state index is -0.414. The molecule has 0 radical (unpaired) electrons. The quantitative estimate of drug-likeness (QED) is 0.822. The van der Waals surface area contributed by atoms with Crippen molar-refractivity contribution in [3.05, 3.63) is 59.7 Å². The first-order valence-electron chi connectivity index (χ1n) is 7.87. The topological polar surface area (TPSA) is 38.7 Å². The number of benzene rings is 2. The number of ether oxygens (including phenoxy) is 2. The normalized spacial score (nSPS) is 14.8. The summed E-state index contributed by atoms with van der Waals surface area (Å²) in [7, 11) is 0. The highest BCUT2D eigenvalue weighted by atomic mass is 16.5. The molecular formula is C19H22O3. The van der Waals surface area contributed by atoms with E-state index in [2.05, 4.69) is 12.1 Å². The van der Waals surface area contributed by atoms with E-state index in [1.54, 1.807) is 0 Å². The van der Waals surface area contributed by atoms with Crippen LogP contribution < -0.4 is 4.74 Å². The second kappa shape index (κ2) is 6.51. The highest BCUT2D eigenvalue weighted by Crippen LogP contribution is 2.49. The van der Waals surface area contributed by atoms with E-state index >= 15 is 0 Å². The highest BCUT2D eigenvalue weighted by Gasteiger charge is 2.41. The summed E-state index contributed by atoms with van der Waals surface area (Å²) in [6.45, 7) is 3.50. The Balaban J connectivity index is 2.03. The molecule has 0 atom stereocenters. The van der Waals surface area contributed by atoms with Gasteiger partial charge in [-0.1, -0.05) is 36.4 Å². The Kier molecular flexibility index (Phi) is 4.46. The summed E-state index contributed by atoms with van der Waals surface area (Å²) >= 11 is 0. The third kappa shape index (κ3) is 2.51. The molecule has 22 heavy (non-hydrogen) atoms. The fourth-order valence-corrected chi connectivity index (χ4v) is 3.30. The van der Waals surface area contributed by atoms with Gasteiger partial charge in [-0.05, 0) is 31.9 Å². The molecule has 3 nitrogen and oxygen atoms in total. The van der Waals surface area contributed by atoms with Gasteiger partial charge in [0.15, 0.2) is 0 Å². The smallest absolute Gasteiger partial charge is 0.131 e. The van der Waals surface area contributed by atoms with Gasteiger partial charge in [0.1, 0.15) is 11.5 Å². The predicted octanol–water partition coefficient (Wildman–Crippen LogP) is 3.89. The van der Waals surface area contributed by atoms with Gasteiger partial charge in [-0.25, -0.2) is 0 Å². The van der Waals surface area contributed by atoms with Crippen LogP contribution >= 0.6 is 0 Å². The van der Waals surface area contributed by atoms with Crippen molar-refractivity contribution in [3.63, 3.8) is 0 Å². The van der Waals surface area contributed by atoms with E-state index in [0.717, 1.165) is 42.1 Å². The summed E-state index contributed by atoms with van der Waals surface area (Å²) in [5.41, 5.74) is 1.71. The lowest BCUT2D eigenvalue weighted by Gasteiger charge is -2.39. The van der Waals surface area contributed by atoms with Gasteiger partial charge < -0.3 is 14.6 Å². The standard InChI is InChI=1S/C19H22O3/c1-2-21-13-7-12-19(14-20)15-8-3-5-10-17(15)22-18-11-6-4-9-16(18)19/h3-6,8-11,20H,2,7,12-14H2,1H3. The molecule has 1 aliphatic heterocycles. The van der Waals surface area contributed by atoms with Crippen LogP contribution in [0.1, 0.15) is 30.9 Å². The van der Waals surface area contributed by atoms with Crippen molar-refractivity contribution >= 4 is 0 Å². The van der Waals surface area contributed by atoms with Crippen LogP contribution in [0.25, 0.3) is 0 Å². The summed E-state index contributed by atoms with van der Waals surface area (Å²) in [6, 6.07) is 16.0. The number of rotatable bonds is 6. The van der Waals surface area contributed by atoms with Crippen LogP contribution in [0, 0.1) is 0 Å². The third-order valence-corrected chi connectivity index (χ3v) is 4.39. The molecule has 1 heterocycles. The maximum Gasteiger partial charge on any atom is 0.131 e. The summed E-state index contributed by atoms with van der Waals surface area (Å²) in [6.07, 6.45) is 1.73. The zero-order valence-electron chi connectivity index (χ0n) is 12.9. The molecular weight excluding hydrogens is 276 g/mol. The van der Waals surface area contributed by atoms with Crippen molar-refractivity contribution in [2.45, 2.75) is 25.2 Å². The first-order valence-corrected chi connectivity index (χ1v) is 7.87. The van der Waals surface area contributed by atoms with E-state index in [0.29, 0.717) is 6.61 Å². The van der Waals surface area contributed by atoms with Crippen molar-refractivity contribution in [1.29, 1.82) is 0 Å². The number of hydrogen-bond donors (Lipinski definition) is 1. The van der Waals surface area contributed by atoms with E-state index in [1.807, 2.05) is 43.3 Å². The fourth-order valence-electron chi connectivity index (χ4n) is 3.30. The van der Waals surface area contributed by atoms with Crippen molar-refractivity contribution in [1.82, 2.24) is 0 Å². The molecule has 0 saturated carbocycles. The lowest BCUT2D eigenvalue weighted by molar-refractivity contribution is 0.129. The van der Waals surface area contributed by atoms with Crippen LogP contribution in [0.15, 0.2) is 48.5 Å². The van der Waals surface area contributed by atoms with Crippen LogP contribution in [0.3, 0.4) is 0 Å². The van der Waals surface area contributed by atoms with Crippen LogP contribution in [0.4, 0.5) is 0 Å². The van der Waals surface area contributed by atoms with E-state index in [1.165, 1.54) is 0 Å². The Bertz CT molecular complexity index is 591. The fraction of sp³-hybridized carbons (Fsp3) is 0.368. The van der Waals surface area contributed by atoms with Gasteiger partial charge in [0.2, 0.25) is 0 Å². The Morgan fingerprint density at radius 1 is 1.00 bits per heavy atom. The number of hydrogen-bond acceptors (Lipinski definition) is 3. The van der Waals surface area contributed by atoms with Gasteiger partial charge >= 0.3 is 0 Å². The van der Waals surface area contributed by atoms with E-state index in [4.69, 9.17) is 9.47 Å². The molecule has 0 unspecified atom stereocenters. The van der Waals surface area contributed by atoms with Crippen molar-refractivity contribution in [3.8, 4) is 11.5 Å². The van der Waals surface area contributed by atoms with Gasteiger partial charge in [-0.15, -0.1) is 0 Å². The predicted molar refractivity (Wildman–Crippen MR) is 86.6 cm³/mol. The Hall–Kier alpha value is -1.84. The Morgan fingerprint density at radius 3 is 2.14 bits per heavy atom. The van der Waals surface area contributed by atoms with Crippen molar-refractivity contribution < 1.29 is 14.6 Å². The summed E-state index contributed by atoms with van der Waals surface area (Å²) in [5.74, 6) is 1.68. The van der Waals surface area contributed by atoms with Crippen LogP contribution in [-0.2, 0) is 10.2 Å². The molecule has 0 fully saturated rings.